The number of allylic oxidation sites excluding steroid dienone is 1. The Labute approximate surface area is 140 Å². The molecule has 2 N–H and O–H groups in total. The van der Waals surface area contributed by atoms with Gasteiger partial charge >= 0.3 is 5.97 Å². The summed E-state index contributed by atoms with van der Waals surface area (Å²) in [6.45, 7) is 5.93. The zero-order valence-electron chi connectivity index (χ0n) is 14.1. The number of carbonyl (C=O) groups is 1. The van der Waals surface area contributed by atoms with Crippen molar-refractivity contribution >= 4 is 11.7 Å². The summed E-state index contributed by atoms with van der Waals surface area (Å²) in [6, 6.07) is 0. The Morgan fingerprint density at radius 3 is 2.83 bits per heavy atom. The van der Waals surface area contributed by atoms with Crippen LogP contribution in [0.1, 0.15) is 33.6 Å². The number of epoxide rings is 1. The van der Waals surface area contributed by atoms with Gasteiger partial charge in [-0.25, -0.2) is 0 Å². The SMILES string of the molecule is CC(=O)OC[C@]12CCC(C)=CC1OC1/C(=N/O)[C@@H](O)[C@@]2(C)C12CO2. The van der Waals surface area contributed by atoms with Gasteiger partial charge < -0.3 is 24.5 Å². The molecule has 2 heterocycles. The number of fused-ring (bicyclic) bond motifs is 2. The molecule has 1 spiro atoms. The fraction of sp³-hybridized carbons (Fsp3) is 0.765. The van der Waals surface area contributed by atoms with Gasteiger partial charge in [-0.2, -0.15) is 0 Å². The third-order valence-corrected chi connectivity index (χ3v) is 6.77. The minimum Gasteiger partial charge on any atom is -0.465 e. The number of ether oxygens (including phenoxy) is 3. The Morgan fingerprint density at radius 1 is 1.54 bits per heavy atom. The fourth-order valence-corrected chi connectivity index (χ4v) is 5.16. The van der Waals surface area contributed by atoms with Crippen molar-refractivity contribution in [3.05, 3.63) is 11.6 Å². The number of rotatable bonds is 2. The number of oxime groups is 1. The lowest BCUT2D eigenvalue weighted by molar-refractivity contribution is -0.229. The predicted molar refractivity (Wildman–Crippen MR) is 82.7 cm³/mol. The van der Waals surface area contributed by atoms with Crippen LogP contribution in [0, 0.1) is 10.8 Å². The van der Waals surface area contributed by atoms with Gasteiger partial charge in [0.15, 0.2) is 0 Å². The molecule has 7 nitrogen and oxygen atoms in total. The van der Waals surface area contributed by atoms with Crippen LogP contribution in [-0.2, 0) is 19.0 Å². The fourth-order valence-electron chi connectivity index (χ4n) is 5.16. The van der Waals surface area contributed by atoms with Gasteiger partial charge in [0, 0.05) is 17.8 Å². The van der Waals surface area contributed by atoms with Gasteiger partial charge in [-0.05, 0) is 19.8 Å². The maximum absolute atomic E-state index is 11.5. The van der Waals surface area contributed by atoms with Crippen molar-refractivity contribution in [2.45, 2.75) is 57.5 Å². The Hall–Kier alpha value is -1.44. The molecule has 0 aromatic rings. The first-order valence-corrected chi connectivity index (χ1v) is 8.32. The largest absolute Gasteiger partial charge is 0.465 e. The number of esters is 1. The van der Waals surface area contributed by atoms with Crippen molar-refractivity contribution < 1.29 is 29.3 Å². The molecule has 0 radical (unpaired) electrons. The number of aliphatic hydroxyl groups excluding tert-OH is 1. The van der Waals surface area contributed by atoms with E-state index in [2.05, 4.69) is 5.16 Å². The third kappa shape index (κ3) is 1.63. The van der Waals surface area contributed by atoms with Crippen LogP contribution in [-0.4, -0.2) is 59.1 Å². The van der Waals surface area contributed by atoms with Crippen LogP contribution in [0.3, 0.4) is 0 Å². The summed E-state index contributed by atoms with van der Waals surface area (Å²) in [4.78, 5) is 11.5. The number of carbonyl (C=O) groups excluding carboxylic acids is 1. The highest BCUT2D eigenvalue weighted by Crippen LogP contribution is 2.70. The first kappa shape index (κ1) is 16.1. The van der Waals surface area contributed by atoms with Gasteiger partial charge in [0.25, 0.3) is 0 Å². The van der Waals surface area contributed by atoms with E-state index in [0.29, 0.717) is 13.0 Å². The molecule has 2 aliphatic carbocycles. The van der Waals surface area contributed by atoms with E-state index in [1.54, 1.807) is 0 Å². The summed E-state index contributed by atoms with van der Waals surface area (Å²) in [5.74, 6) is -0.366. The highest BCUT2D eigenvalue weighted by atomic mass is 16.6. The lowest BCUT2D eigenvalue weighted by Gasteiger charge is -2.57. The third-order valence-electron chi connectivity index (χ3n) is 6.77. The molecule has 3 unspecified atom stereocenters. The summed E-state index contributed by atoms with van der Waals surface area (Å²) >= 11 is 0. The van der Waals surface area contributed by atoms with Crippen LogP contribution in [0.15, 0.2) is 16.8 Å². The van der Waals surface area contributed by atoms with Gasteiger partial charge in [0.2, 0.25) is 0 Å². The second-order valence-corrected chi connectivity index (χ2v) is 7.69. The summed E-state index contributed by atoms with van der Waals surface area (Å²) in [5.41, 5.74) is -0.702. The average molecular weight is 337 g/mol. The van der Waals surface area contributed by atoms with Gasteiger partial charge in [0.05, 0.1) is 12.7 Å². The van der Waals surface area contributed by atoms with Crippen molar-refractivity contribution in [2.75, 3.05) is 13.2 Å². The minimum absolute atomic E-state index is 0.140. The zero-order valence-corrected chi connectivity index (χ0v) is 14.1. The molecule has 0 amide bonds. The second-order valence-electron chi connectivity index (χ2n) is 7.69. The maximum Gasteiger partial charge on any atom is 0.302 e. The lowest BCUT2D eigenvalue weighted by atomic mass is 9.51. The minimum atomic E-state index is -1.01. The molecular formula is C17H23NO6. The summed E-state index contributed by atoms with van der Waals surface area (Å²) in [7, 11) is 0. The molecule has 1 saturated carbocycles. The van der Waals surface area contributed by atoms with Crippen LogP contribution in [0.25, 0.3) is 0 Å². The van der Waals surface area contributed by atoms with Gasteiger partial charge in [0.1, 0.15) is 30.1 Å². The van der Waals surface area contributed by atoms with E-state index in [0.717, 1.165) is 6.42 Å². The molecule has 2 aliphatic heterocycles. The topological polar surface area (TPSA) is 101 Å². The first-order valence-electron chi connectivity index (χ1n) is 8.32. The van der Waals surface area contributed by atoms with E-state index in [9.17, 15) is 15.1 Å². The summed E-state index contributed by atoms with van der Waals surface area (Å²) in [6.07, 6.45) is 1.65. The Kier molecular flexibility index (Phi) is 3.21. The van der Waals surface area contributed by atoms with Crippen molar-refractivity contribution in [1.29, 1.82) is 0 Å². The molecule has 7 heteroatoms. The Morgan fingerprint density at radius 2 is 2.25 bits per heavy atom. The summed E-state index contributed by atoms with van der Waals surface area (Å²) < 4.78 is 17.5. The molecule has 2 bridgehead atoms. The average Bonchev–Trinajstić information content (AvgIpc) is 3.31. The predicted octanol–water partition coefficient (Wildman–Crippen LogP) is 1.02. The molecule has 132 valence electrons. The van der Waals surface area contributed by atoms with Crippen LogP contribution in [0.5, 0.6) is 0 Å². The summed E-state index contributed by atoms with van der Waals surface area (Å²) in [5, 5.41) is 23.8. The number of nitrogens with zero attached hydrogens (tertiary/aromatic N) is 1. The molecule has 0 aromatic carbocycles. The van der Waals surface area contributed by atoms with Gasteiger partial charge in [-0.15, -0.1) is 0 Å². The second kappa shape index (κ2) is 4.80. The molecule has 2 saturated heterocycles. The monoisotopic (exact) mass is 337 g/mol. The van der Waals surface area contributed by atoms with E-state index in [1.165, 1.54) is 12.5 Å². The normalized spacial score (nSPS) is 50.6. The Balaban J connectivity index is 1.88. The van der Waals surface area contributed by atoms with E-state index < -0.39 is 28.6 Å². The van der Waals surface area contributed by atoms with Crippen molar-refractivity contribution in [3.8, 4) is 0 Å². The highest BCUT2D eigenvalue weighted by molar-refractivity contribution is 5.98. The molecule has 4 rings (SSSR count). The molecular weight excluding hydrogens is 314 g/mol. The highest BCUT2D eigenvalue weighted by Gasteiger charge is 2.84. The van der Waals surface area contributed by atoms with Gasteiger partial charge in [-0.1, -0.05) is 23.7 Å². The van der Waals surface area contributed by atoms with Crippen LogP contribution >= 0.6 is 0 Å². The quantitative estimate of drug-likeness (QED) is 0.257. The first-order chi connectivity index (χ1) is 11.3. The Bertz CT molecular complexity index is 653. The molecule has 24 heavy (non-hydrogen) atoms. The van der Waals surface area contributed by atoms with E-state index in [4.69, 9.17) is 14.2 Å². The van der Waals surface area contributed by atoms with Crippen molar-refractivity contribution in [2.24, 2.45) is 16.0 Å². The lowest BCUT2D eigenvalue weighted by Crippen LogP contribution is -2.66. The van der Waals surface area contributed by atoms with Crippen molar-refractivity contribution in [1.82, 2.24) is 0 Å². The molecule has 4 aliphatic rings. The van der Waals surface area contributed by atoms with E-state index in [-0.39, 0.29) is 24.4 Å². The van der Waals surface area contributed by atoms with Crippen LogP contribution in [0.4, 0.5) is 0 Å². The van der Waals surface area contributed by atoms with Crippen molar-refractivity contribution in [3.63, 3.8) is 0 Å². The molecule has 6 atom stereocenters. The molecule has 0 aromatic heterocycles. The smallest absolute Gasteiger partial charge is 0.302 e. The number of aliphatic hydroxyl groups is 1. The maximum atomic E-state index is 11.5. The zero-order chi connectivity index (χ0) is 17.3. The van der Waals surface area contributed by atoms with Crippen LogP contribution < -0.4 is 0 Å². The van der Waals surface area contributed by atoms with E-state index >= 15 is 0 Å². The molecule has 3 fully saturated rings. The van der Waals surface area contributed by atoms with Gasteiger partial charge in [-0.3, -0.25) is 4.79 Å². The number of hydrogen-bond donors (Lipinski definition) is 2. The van der Waals surface area contributed by atoms with Crippen LogP contribution in [0.2, 0.25) is 0 Å². The standard InChI is InChI=1S/C17H23NO6/c1-9-4-5-16(7-22-10(2)19)11(6-9)24-14-12(18-21)13(20)15(16,3)17(14)8-23-17/h6,11,13-14,20-21H,4-5,7-8H2,1-3H3/b18-12+/t11?,13-,14?,15-,16-,17?/m1/s1. The number of hydrogen-bond acceptors (Lipinski definition) is 7. The van der Waals surface area contributed by atoms with E-state index in [1.807, 2.05) is 19.9 Å².